The van der Waals surface area contributed by atoms with Gasteiger partial charge in [0, 0.05) is 13.1 Å². The summed E-state index contributed by atoms with van der Waals surface area (Å²) >= 11 is 0. The number of hydrogen-bond acceptors (Lipinski definition) is 8. The second kappa shape index (κ2) is 13.9. The van der Waals surface area contributed by atoms with Gasteiger partial charge in [0.15, 0.2) is 0 Å². The minimum Gasteiger partial charge on any atom is -0.473 e. The number of nitrogens with one attached hydrogen (secondary N) is 2. The zero-order chi connectivity index (χ0) is 21.7. The smallest absolute Gasteiger partial charge is 0.414 e. The van der Waals surface area contributed by atoms with Gasteiger partial charge in [0.25, 0.3) is 0 Å². The van der Waals surface area contributed by atoms with Crippen LogP contribution in [0.3, 0.4) is 0 Å². The first kappa shape index (κ1) is 25.8. The molecule has 2 fully saturated rings. The van der Waals surface area contributed by atoms with Gasteiger partial charge in [0.05, 0.1) is 26.1 Å². The molecule has 0 bridgehead atoms. The van der Waals surface area contributed by atoms with E-state index >= 15 is 0 Å². The van der Waals surface area contributed by atoms with Gasteiger partial charge in [-0.25, -0.2) is 9.59 Å². The number of piperidine rings is 2. The Morgan fingerprint density at radius 3 is 1.25 bits per heavy atom. The van der Waals surface area contributed by atoms with Crippen LogP contribution in [-0.2, 0) is 28.7 Å². The monoisotopic (exact) mass is 404 g/mol. The lowest BCUT2D eigenvalue weighted by Gasteiger charge is -2.25. The molecular weight excluding hydrogens is 372 g/mol. The third kappa shape index (κ3) is 10.8. The highest BCUT2D eigenvalue weighted by molar-refractivity contribution is 6.27. The minimum absolute atomic E-state index is 0.0729. The Kier molecular flexibility index (Phi) is 12.8. The number of rotatable bonds is 2. The fraction of sp³-hybridized carbons (Fsp3) is 0.778. The van der Waals surface area contributed by atoms with Crippen molar-refractivity contribution < 1.29 is 38.9 Å². The van der Waals surface area contributed by atoms with Gasteiger partial charge in [0.1, 0.15) is 0 Å². The molecule has 10 heteroatoms. The maximum atomic E-state index is 11.1. The summed E-state index contributed by atoms with van der Waals surface area (Å²) < 4.78 is 9.32. The van der Waals surface area contributed by atoms with Crippen molar-refractivity contribution in [3.05, 3.63) is 0 Å². The molecule has 0 radical (unpaired) electrons. The first-order valence-corrected chi connectivity index (χ1v) is 9.15. The van der Waals surface area contributed by atoms with E-state index in [2.05, 4.69) is 34.0 Å². The average Bonchev–Trinajstić information content (AvgIpc) is 2.67. The molecule has 10 nitrogen and oxygen atoms in total. The standard InChI is InChI=1S/2C8H15NO2.C2H2O4/c2*1-6-3-7(5-9-4-6)8(10)11-2;3-1(4)2(5)6/h2*6-7,9H,3-5H2,1-2H3;(H,3,4)(H,5,6)/t2*6-,7+;/m00./s1. The first-order valence-electron chi connectivity index (χ1n) is 9.15. The van der Waals surface area contributed by atoms with E-state index in [1.807, 2.05) is 0 Å². The van der Waals surface area contributed by atoms with Crippen LogP contribution in [0.4, 0.5) is 0 Å². The Labute approximate surface area is 165 Å². The number of carboxylic acid groups (broad SMARTS) is 2. The summed E-state index contributed by atoms with van der Waals surface area (Å²) in [6.07, 6.45) is 1.92. The van der Waals surface area contributed by atoms with Crippen LogP contribution in [0.1, 0.15) is 26.7 Å². The molecule has 2 heterocycles. The van der Waals surface area contributed by atoms with Crippen LogP contribution in [0, 0.1) is 23.7 Å². The molecule has 4 N–H and O–H groups in total. The Bertz CT molecular complexity index is 480. The highest BCUT2D eigenvalue weighted by atomic mass is 16.5. The molecule has 0 aliphatic carbocycles. The number of methoxy groups -OCH3 is 2. The molecule has 162 valence electrons. The molecule has 0 aromatic carbocycles. The van der Waals surface area contributed by atoms with Gasteiger partial charge in [-0.1, -0.05) is 13.8 Å². The van der Waals surface area contributed by atoms with Gasteiger partial charge in [-0.15, -0.1) is 0 Å². The fourth-order valence-corrected chi connectivity index (χ4v) is 3.01. The van der Waals surface area contributed by atoms with E-state index in [0.29, 0.717) is 11.8 Å². The highest BCUT2D eigenvalue weighted by Crippen LogP contribution is 2.17. The third-order valence-electron chi connectivity index (χ3n) is 4.39. The molecule has 0 aromatic rings. The molecule has 2 rings (SSSR count). The van der Waals surface area contributed by atoms with Crippen molar-refractivity contribution in [2.45, 2.75) is 26.7 Å². The molecule has 2 saturated heterocycles. The SMILES string of the molecule is COC(=O)[C@H]1CNC[C@@H](C)C1.COC(=O)[C@H]1CNC[C@@H](C)C1.O=C(O)C(=O)O. The van der Waals surface area contributed by atoms with Gasteiger partial charge < -0.3 is 30.3 Å². The fourth-order valence-electron chi connectivity index (χ4n) is 3.01. The summed E-state index contributed by atoms with van der Waals surface area (Å²) in [7, 11) is 2.89. The summed E-state index contributed by atoms with van der Waals surface area (Å²) in [5.41, 5.74) is 0. The summed E-state index contributed by atoms with van der Waals surface area (Å²) in [5, 5.41) is 21.2. The second-order valence-corrected chi connectivity index (χ2v) is 7.05. The van der Waals surface area contributed by atoms with Crippen molar-refractivity contribution in [1.82, 2.24) is 10.6 Å². The van der Waals surface area contributed by atoms with Gasteiger partial charge in [-0.2, -0.15) is 0 Å². The number of aliphatic carboxylic acids is 2. The molecule has 0 unspecified atom stereocenters. The number of esters is 2. The average molecular weight is 404 g/mol. The summed E-state index contributed by atoms with van der Waals surface area (Å²) in [5.74, 6) is -2.48. The van der Waals surface area contributed by atoms with E-state index in [-0.39, 0.29) is 23.8 Å². The predicted octanol–water partition coefficient (Wildman–Crippen LogP) is -0.0344. The summed E-state index contributed by atoms with van der Waals surface area (Å²) in [6, 6.07) is 0. The van der Waals surface area contributed by atoms with Crippen molar-refractivity contribution in [1.29, 1.82) is 0 Å². The third-order valence-corrected chi connectivity index (χ3v) is 4.39. The molecule has 4 atom stereocenters. The van der Waals surface area contributed by atoms with Crippen LogP contribution in [-0.4, -0.2) is 74.5 Å². The van der Waals surface area contributed by atoms with Crippen molar-refractivity contribution in [3.63, 3.8) is 0 Å². The molecule has 2 aliphatic rings. The molecule has 0 aromatic heterocycles. The van der Waals surface area contributed by atoms with Crippen LogP contribution >= 0.6 is 0 Å². The lowest BCUT2D eigenvalue weighted by Crippen LogP contribution is -2.39. The molecule has 0 saturated carbocycles. The predicted molar refractivity (Wildman–Crippen MR) is 99.6 cm³/mol. The van der Waals surface area contributed by atoms with Crippen LogP contribution in [0.5, 0.6) is 0 Å². The van der Waals surface area contributed by atoms with Gasteiger partial charge in [-0.3, -0.25) is 9.59 Å². The topological polar surface area (TPSA) is 151 Å². The molecular formula is C18H32N2O8. The number of carboxylic acids is 2. The maximum absolute atomic E-state index is 11.1. The largest absolute Gasteiger partial charge is 0.473 e. The van der Waals surface area contributed by atoms with Crippen molar-refractivity contribution in [2.24, 2.45) is 23.7 Å². The first-order chi connectivity index (χ1) is 13.1. The lowest BCUT2D eigenvalue weighted by molar-refractivity contribution is -0.159. The van der Waals surface area contributed by atoms with Crippen LogP contribution in [0.15, 0.2) is 0 Å². The Morgan fingerprint density at radius 2 is 1.04 bits per heavy atom. The van der Waals surface area contributed by atoms with E-state index in [1.165, 1.54) is 14.2 Å². The van der Waals surface area contributed by atoms with Gasteiger partial charge in [-0.05, 0) is 37.8 Å². The van der Waals surface area contributed by atoms with E-state index < -0.39 is 11.9 Å². The lowest BCUT2D eigenvalue weighted by atomic mass is 9.92. The van der Waals surface area contributed by atoms with E-state index in [1.54, 1.807) is 0 Å². The molecule has 0 amide bonds. The normalized spacial score (nSPS) is 26.3. The summed E-state index contributed by atoms with van der Waals surface area (Å²) in [4.78, 5) is 40.3. The Morgan fingerprint density at radius 1 is 0.714 bits per heavy atom. The maximum Gasteiger partial charge on any atom is 0.414 e. The molecule has 28 heavy (non-hydrogen) atoms. The number of carbonyl (C=O) groups is 4. The number of carbonyl (C=O) groups excluding carboxylic acids is 2. The van der Waals surface area contributed by atoms with E-state index in [0.717, 1.165) is 39.0 Å². The number of hydrogen-bond donors (Lipinski definition) is 4. The summed E-state index contributed by atoms with van der Waals surface area (Å²) in [6.45, 7) is 7.87. The van der Waals surface area contributed by atoms with Gasteiger partial charge in [0.2, 0.25) is 0 Å². The van der Waals surface area contributed by atoms with Crippen molar-refractivity contribution in [3.8, 4) is 0 Å². The second-order valence-electron chi connectivity index (χ2n) is 7.05. The zero-order valence-electron chi connectivity index (χ0n) is 16.9. The van der Waals surface area contributed by atoms with Gasteiger partial charge >= 0.3 is 23.9 Å². The van der Waals surface area contributed by atoms with E-state index in [4.69, 9.17) is 19.8 Å². The Hall–Kier alpha value is -2.20. The Balaban J connectivity index is 0.000000411. The highest BCUT2D eigenvalue weighted by Gasteiger charge is 2.25. The van der Waals surface area contributed by atoms with Crippen molar-refractivity contribution >= 4 is 23.9 Å². The van der Waals surface area contributed by atoms with Crippen molar-refractivity contribution in [2.75, 3.05) is 40.4 Å². The minimum atomic E-state index is -1.82. The molecule has 0 spiro atoms. The molecule has 2 aliphatic heterocycles. The van der Waals surface area contributed by atoms with Crippen LogP contribution in [0.25, 0.3) is 0 Å². The number of ether oxygens (including phenoxy) is 2. The van der Waals surface area contributed by atoms with Crippen LogP contribution < -0.4 is 10.6 Å². The quantitative estimate of drug-likeness (QED) is 0.364. The zero-order valence-corrected chi connectivity index (χ0v) is 16.9. The van der Waals surface area contributed by atoms with E-state index in [9.17, 15) is 9.59 Å². The van der Waals surface area contributed by atoms with Crippen LogP contribution in [0.2, 0.25) is 0 Å².